The van der Waals surface area contributed by atoms with Crippen molar-refractivity contribution in [3.63, 3.8) is 0 Å². The van der Waals surface area contributed by atoms with Crippen LogP contribution in [0.1, 0.15) is 130 Å². The fraction of sp³-hybridized carbons (Fsp3) is 0.920. The zero-order valence-electron chi connectivity index (χ0n) is 20.5. The lowest BCUT2D eigenvalue weighted by Gasteiger charge is -2.19. The van der Waals surface area contributed by atoms with Crippen LogP contribution in [0, 0.1) is 0 Å². The zero-order valence-corrected chi connectivity index (χ0v) is 20.5. The van der Waals surface area contributed by atoms with Gasteiger partial charge >= 0.3 is 6.09 Å². The van der Waals surface area contributed by atoms with E-state index in [4.69, 9.17) is 4.74 Å². The van der Waals surface area contributed by atoms with E-state index in [-0.39, 0.29) is 5.91 Å². The third-order valence-electron chi connectivity index (χ3n) is 5.12. The largest absolute Gasteiger partial charge is 0.444 e. The molecule has 0 saturated carbocycles. The van der Waals surface area contributed by atoms with Crippen LogP contribution in [0.4, 0.5) is 4.79 Å². The van der Waals surface area contributed by atoms with Crippen molar-refractivity contribution in [3.8, 4) is 0 Å². The van der Waals surface area contributed by atoms with Gasteiger partial charge in [-0.05, 0) is 27.2 Å². The third kappa shape index (κ3) is 23.0. The summed E-state index contributed by atoms with van der Waals surface area (Å²) in [5.74, 6) is 0.0654. The van der Waals surface area contributed by atoms with Crippen LogP contribution in [0.2, 0.25) is 0 Å². The summed E-state index contributed by atoms with van der Waals surface area (Å²) < 4.78 is 5.14. The van der Waals surface area contributed by atoms with Gasteiger partial charge in [-0.25, -0.2) is 4.79 Å². The van der Waals surface area contributed by atoms with Crippen LogP contribution in [0.15, 0.2) is 0 Å². The van der Waals surface area contributed by atoms with Crippen molar-refractivity contribution in [3.05, 3.63) is 0 Å². The maximum absolute atomic E-state index is 11.8. The molecule has 5 nitrogen and oxygen atoms in total. The number of nitrogens with one attached hydrogen (secondary N) is 2. The van der Waals surface area contributed by atoms with Crippen LogP contribution < -0.4 is 10.6 Å². The smallest absolute Gasteiger partial charge is 0.407 e. The van der Waals surface area contributed by atoms with Gasteiger partial charge in [0.25, 0.3) is 0 Å². The van der Waals surface area contributed by atoms with Crippen LogP contribution in [0.5, 0.6) is 0 Å². The maximum atomic E-state index is 11.8. The molecule has 0 aliphatic heterocycles. The first-order valence-electron chi connectivity index (χ1n) is 12.6. The predicted octanol–water partition coefficient (Wildman–Crippen LogP) is 6.89. The number of carbonyl (C=O) groups is 2. The van der Waals surface area contributed by atoms with Crippen LogP contribution in [-0.2, 0) is 9.53 Å². The SMILES string of the molecule is CCCCCCCCCCCCCCCCCC(=O)NCCNC(=O)OC(C)(C)C. The van der Waals surface area contributed by atoms with Crippen molar-refractivity contribution in [2.45, 2.75) is 136 Å². The highest BCUT2D eigenvalue weighted by atomic mass is 16.6. The van der Waals surface area contributed by atoms with E-state index in [0.29, 0.717) is 19.5 Å². The minimum atomic E-state index is -0.499. The average molecular weight is 427 g/mol. The first-order valence-corrected chi connectivity index (χ1v) is 12.6. The Hall–Kier alpha value is -1.26. The first-order chi connectivity index (χ1) is 14.3. The van der Waals surface area contributed by atoms with Gasteiger partial charge in [0.2, 0.25) is 5.91 Å². The van der Waals surface area contributed by atoms with Gasteiger partial charge in [-0.3, -0.25) is 4.79 Å². The maximum Gasteiger partial charge on any atom is 0.407 e. The highest BCUT2D eigenvalue weighted by Crippen LogP contribution is 2.13. The van der Waals surface area contributed by atoms with Crippen LogP contribution in [-0.4, -0.2) is 30.7 Å². The van der Waals surface area contributed by atoms with E-state index < -0.39 is 11.7 Å². The summed E-state index contributed by atoms with van der Waals surface area (Å²) in [5, 5.41) is 5.48. The predicted molar refractivity (Wildman–Crippen MR) is 127 cm³/mol. The summed E-state index contributed by atoms with van der Waals surface area (Å²) in [7, 11) is 0. The Morgan fingerprint density at radius 3 is 1.47 bits per heavy atom. The number of amides is 2. The van der Waals surface area contributed by atoms with Crippen molar-refractivity contribution >= 4 is 12.0 Å². The molecule has 30 heavy (non-hydrogen) atoms. The highest BCUT2D eigenvalue weighted by Gasteiger charge is 2.15. The summed E-state index contributed by atoms with van der Waals surface area (Å²) in [6, 6.07) is 0. The minimum Gasteiger partial charge on any atom is -0.444 e. The zero-order chi connectivity index (χ0) is 22.5. The van der Waals surface area contributed by atoms with Gasteiger partial charge in [-0.15, -0.1) is 0 Å². The van der Waals surface area contributed by atoms with E-state index >= 15 is 0 Å². The molecule has 2 amide bonds. The summed E-state index contributed by atoms with van der Waals surface area (Å²) in [5.41, 5.74) is -0.499. The van der Waals surface area contributed by atoms with Gasteiger partial charge in [0.1, 0.15) is 5.60 Å². The summed E-state index contributed by atoms with van der Waals surface area (Å²) >= 11 is 0. The van der Waals surface area contributed by atoms with E-state index in [1.54, 1.807) is 0 Å². The number of rotatable bonds is 19. The lowest BCUT2D eigenvalue weighted by molar-refractivity contribution is -0.121. The van der Waals surface area contributed by atoms with Crippen molar-refractivity contribution in [1.29, 1.82) is 0 Å². The molecule has 0 aliphatic rings. The number of unbranched alkanes of at least 4 members (excludes halogenated alkanes) is 14. The molecule has 178 valence electrons. The minimum absolute atomic E-state index is 0.0654. The van der Waals surface area contributed by atoms with Crippen LogP contribution in [0.3, 0.4) is 0 Å². The molecule has 0 radical (unpaired) electrons. The third-order valence-corrected chi connectivity index (χ3v) is 5.12. The van der Waals surface area contributed by atoms with Crippen molar-refractivity contribution in [1.82, 2.24) is 10.6 Å². The summed E-state index contributed by atoms with van der Waals surface area (Å²) in [6.07, 6.45) is 20.0. The molecule has 0 fully saturated rings. The normalized spacial score (nSPS) is 11.3. The molecule has 0 aliphatic carbocycles. The molecule has 5 heteroatoms. The Bertz CT molecular complexity index is 419. The Morgan fingerprint density at radius 1 is 0.633 bits per heavy atom. The van der Waals surface area contributed by atoms with E-state index in [1.807, 2.05) is 20.8 Å². The van der Waals surface area contributed by atoms with Gasteiger partial charge in [0, 0.05) is 19.5 Å². The van der Waals surface area contributed by atoms with E-state index in [1.165, 1.54) is 83.5 Å². The Kier molecular flexibility index (Phi) is 18.9. The number of ether oxygens (including phenoxy) is 1. The molecule has 0 aromatic heterocycles. The molecule has 0 unspecified atom stereocenters. The Morgan fingerprint density at radius 2 is 1.03 bits per heavy atom. The lowest BCUT2D eigenvalue weighted by Crippen LogP contribution is -2.37. The molecule has 0 saturated heterocycles. The molecule has 0 atom stereocenters. The van der Waals surface area contributed by atoms with E-state index in [2.05, 4.69) is 17.6 Å². The van der Waals surface area contributed by atoms with Gasteiger partial charge in [0.05, 0.1) is 0 Å². The van der Waals surface area contributed by atoms with Gasteiger partial charge in [-0.1, -0.05) is 96.8 Å². The van der Waals surface area contributed by atoms with Crippen molar-refractivity contribution in [2.75, 3.05) is 13.1 Å². The molecule has 0 aromatic rings. The molecule has 0 bridgehead atoms. The first kappa shape index (κ1) is 28.7. The van der Waals surface area contributed by atoms with E-state index in [9.17, 15) is 9.59 Å². The average Bonchev–Trinajstić information content (AvgIpc) is 2.67. The number of carbonyl (C=O) groups excluding carboxylic acids is 2. The molecule has 2 N–H and O–H groups in total. The molecule has 0 rings (SSSR count). The van der Waals surface area contributed by atoms with Crippen molar-refractivity contribution in [2.24, 2.45) is 0 Å². The summed E-state index contributed by atoms with van der Waals surface area (Å²) in [6.45, 7) is 8.58. The van der Waals surface area contributed by atoms with Gasteiger partial charge in [-0.2, -0.15) is 0 Å². The lowest BCUT2D eigenvalue weighted by atomic mass is 10.0. The molecule has 0 spiro atoms. The fourth-order valence-electron chi connectivity index (χ4n) is 3.43. The number of hydrogen-bond donors (Lipinski definition) is 2. The molecule has 0 heterocycles. The number of hydrogen-bond acceptors (Lipinski definition) is 3. The second-order valence-electron chi connectivity index (χ2n) is 9.48. The van der Waals surface area contributed by atoms with Crippen LogP contribution >= 0.6 is 0 Å². The van der Waals surface area contributed by atoms with Crippen molar-refractivity contribution < 1.29 is 14.3 Å². The monoisotopic (exact) mass is 426 g/mol. The molecular formula is C25H50N2O3. The fourth-order valence-corrected chi connectivity index (χ4v) is 3.43. The topological polar surface area (TPSA) is 67.4 Å². The Balaban J connectivity index is 3.27. The second-order valence-corrected chi connectivity index (χ2v) is 9.48. The standard InChI is InChI=1S/C25H50N2O3/c1-5-6-7-8-9-10-11-12-13-14-15-16-17-18-19-20-23(28)26-21-22-27-24(29)30-25(2,3)4/h5-22H2,1-4H3,(H,26,28)(H,27,29). The van der Waals surface area contributed by atoms with E-state index in [0.717, 1.165) is 12.8 Å². The highest BCUT2D eigenvalue weighted by molar-refractivity contribution is 5.75. The van der Waals surface area contributed by atoms with Gasteiger partial charge < -0.3 is 15.4 Å². The van der Waals surface area contributed by atoms with Crippen LogP contribution in [0.25, 0.3) is 0 Å². The molecular weight excluding hydrogens is 376 g/mol. The summed E-state index contributed by atoms with van der Waals surface area (Å²) in [4.78, 5) is 23.3. The number of alkyl carbamates (subject to hydrolysis) is 1. The quantitative estimate of drug-likeness (QED) is 0.221. The molecule has 0 aromatic carbocycles. The second kappa shape index (κ2) is 19.7. The van der Waals surface area contributed by atoms with Gasteiger partial charge in [0.15, 0.2) is 0 Å². The Labute approximate surface area is 186 Å².